The van der Waals surface area contributed by atoms with Crippen molar-refractivity contribution >= 4 is 0 Å². The van der Waals surface area contributed by atoms with Crippen LogP contribution in [-0.4, -0.2) is 9.55 Å². The van der Waals surface area contributed by atoms with Gasteiger partial charge in [-0.25, -0.2) is 4.98 Å². The maximum Gasteiger partial charge on any atom is 0.0951 e. The first kappa shape index (κ1) is 13.2. The number of nitrogens with two attached hydrogens (primary N) is 1. The molecular weight excluding hydrogens is 198 g/mol. The first-order valence-corrected chi connectivity index (χ1v) is 6.29. The van der Waals surface area contributed by atoms with Gasteiger partial charge in [-0.05, 0) is 26.2 Å². The van der Waals surface area contributed by atoms with E-state index in [1.54, 1.807) is 0 Å². The topological polar surface area (TPSA) is 43.8 Å². The van der Waals surface area contributed by atoms with Crippen LogP contribution in [0.1, 0.15) is 64.7 Å². The van der Waals surface area contributed by atoms with Gasteiger partial charge >= 0.3 is 0 Å². The summed E-state index contributed by atoms with van der Waals surface area (Å²) in [4.78, 5) is 4.19. The van der Waals surface area contributed by atoms with Gasteiger partial charge in [0.05, 0.1) is 12.0 Å². The van der Waals surface area contributed by atoms with Crippen molar-refractivity contribution in [2.75, 3.05) is 0 Å². The fourth-order valence-corrected chi connectivity index (χ4v) is 2.00. The molecule has 0 radical (unpaired) electrons. The fourth-order valence-electron chi connectivity index (χ4n) is 2.00. The first-order valence-electron chi connectivity index (χ1n) is 6.29. The lowest BCUT2D eigenvalue weighted by molar-refractivity contribution is 0.433. The Labute approximate surface area is 99.1 Å². The number of hydrogen-bond acceptors (Lipinski definition) is 2. The second kappa shape index (κ2) is 6.04. The minimum atomic E-state index is 0.0649. The molecule has 16 heavy (non-hydrogen) atoms. The lowest BCUT2D eigenvalue weighted by Gasteiger charge is -2.18. The third-order valence-corrected chi connectivity index (χ3v) is 3.04. The molecule has 3 nitrogen and oxygen atoms in total. The highest BCUT2D eigenvalue weighted by Crippen LogP contribution is 2.20. The molecule has 1 aromatic heterocycles. The molecule has 0 amide bonds. The molecule has 0 aliphatic rings. The second-order valence-electron chi connectivity index (χ2n) is 5.19. The molecule has 1 rings (SSSR count). The predicted molar refractivity (Wildman–Crippen MR) is 68.2 cm³/mol. The molecule has 0 fully saturated rings. The van der Waals surface area contributed by atoms with Crippen LogP contribution in [0.25, 0.3) is 0 Å². The van der Waals surface area contributed by atoms with Gasteiger partial charge in [-0.2, -0.15) is 0 Å². The molecule has 0 saturated carbocycles. The molecule has 0 spiro atoms. The largest absolute Gasteiger partial charge is 0.330 e. The van der Waals surface area contributed by atoms with Crippen LogP contribution in [0.15, 0.2) is 12.5 Å². The van der Waals surface area contributed by atoms with Crippen molar-refractivity contribution in [1.82, 2.24) is 9.55 Å². The Balaban J connectivity index is 2.52. The maximum atomic E-state index is 5.91. The average Bonchev–Trinajstić information content (AvgIpc) is 2.65. The summed E-state index contributed by atoms with van der Waals surface area (Å²) in [5.74, 6) is 0.794. The van der Waals surface area contributed by atoms with E-state index < -0.39 is 0 Å². The molecule has 92 valence electrons. The number of nitrogens with zero attached hydrogens (tertiary/aromatic N) is 2. The van der Waals surface area contributed by atoms with Crippen molar-refractivity contribution < 1.29 is 0 Å². The number of hydrogen-bond donors (Lipinski definition) is 1. The molecule has 2 atom stereocenters. The Hall–Kier alpha value is -0.830. The van der Waals surface area contributed by atoms with E-state index in [1.807, 2.05) is 19.4 Å². The van der Waals surface area contributed by atoms with Crippen molar-refractivity contribution in [1.29, 1.82) is 0 Å². The minimum absolute atomic E-state index is 0.0649. The average molecular weight is 223 g/mol. The van der Waals surface area contributed by atoms with Crippen LogP contribution in [0.3, 0.4) is 0 Å². The van der Waals surface area contributed by atoms with E-state index in [4.69, 9.17) is 5.73 Å². The van der Waals surface area contributed by atoms with Gasteiger partial charge in [-0.3, -0.25) is 0 Å². The minimum Gasteiger partial charge on any atom is -0.330 e. The molecule has 1 heterocycles. The zero-order valence-corrected chi connectivity index (χ0v) is 11.0. The van der Waals surface area contributed by atoms with Crippen LogP contribution >= 0.6 is 0 Å². The maximum absolute atomic E-state index is 5.91. The Morgan fingerprint density at radius 1 is 1.25 bits per heavy atom. The molecule has 3 heteroatoms. The second-order valence-corrected chi connectivity index (χ2v) is 5.19. The summed E-state index contributed by atoms with van der Waals surface area (Å²) in [6.45, 7) is 8.80. The monoisotopic (exact) mass is 223 g/mol. The summed E-state index contributed by atoms with van der Waals surface area (Å²) in [5.41, 5.74) is 7.05. The third kappa shape index (κ3) is 3.63. The lowest BCUT2D eigenvalue weighted by atomic mass is 10.0. The number of rotatable bonds is 6. The highest BCUT2D eigenvalue weighted by atomic mass is 15.1. The van der Waals surface area contributed by atoms with Crippen molar-refractivity contribution in [2.45, 2.75) is 59.0 Å². The van der Waals surface area contributed by atoms with E-state index >= 15 is 0 Å². The Morgan fingerprint density at radius 3 is 2.50 bits per heavy atom. The fraction of sp³-hybridized carbons (Fsp3) is 0.769. The van der Waals surface area contributed by atoms with Crippen molar-refractivity contribution in [3.8, 4) is 0 Å². The van der Waals surface area contributed by atoms with Gasteiger partial charge < -0.3 is 10.3 Å². The molecule has 1 unspecified atom stereocenters. The van der Waals surface area contributed by atoms with Gasteiger partial charge in [0.2, 0.25) is 0 Å². The highest BCUT2D eigenvalue weighted by Gasteiger charge is 2.12. The highest BCUT2D eigenvalue weighted by molar-refractivity contribution is 5.04. The molecule has 0 aliphatic carbocycles. The Bertz CT molecular complexity index is 302. The first-order chi connectivity index (χ1) is 7.52. The molecule has 1 aromatic rings. The summed E-state index contributed by atoms with van der Waals surface area (Å²) in [5, 5.41) is 0. The molecule has 0 saturated heterocycles. The summed E-state index contributed by atoms with van der Waals surface area (Å²) in [6, 6.07) is 0.567. The van der Waals surface area contributed by atoms with Crippen molar-refractivity contribution in [3.05, 3.63) is 18.2 Å². The van der Waals surface area contributed by atoms with E-state index in [9.17, 15) is 0 Å². The van der Waals surface area contributed by atoms with Crippen LogP contribution in [0, 0.1) is 5.92 Å². The normalized spacial score (nSPS) is 15.4. The zero-order valence-electron chi connectivity index (χ0n) is 11.0. The zero-order chi connectivity index (χ0) is 12.1. The van der Waals surface area contributed by atoms with E-state index in [1.165, 1.54) is 19.3 Å². The smallest absolute Gasteiger partial charge is 0.0951 e. The molecule has 0 bridgehead atoms. The number of aromatic nitrogens is 2. The number of imidazole rings is 1. The SMILES string of the molecule is CC(C)CCCC(C)n1cncc1[C@@H](C)N. The molecule has 2 N–H and O–H groups in total. The van der Waals surface area contributed by atoms with Gasteiger partial charge in [-0.15, -0.1) is 0 Å². The van der Waals surface area contributed by atoms with Gasteiger partial charge in [0.1, 0.15) is 0 Å². The van der Waals surface area contributed by atoms with Gasteiger partial charge in [0.25, 0.3) is 0 Å². The van der Waals surface area contributed by atoms with E-state index in [2.05, 4.69) is 30.3 Å². The summed E-state index contributed by atoms with van der Waals surface area (Å²) < 4.78 is 2.21. The summed E-state index contributed by atoms with van der Waals surface area (Å²) in [7, 11) is 0. The quantitative estimate of drug-likeness (QED) is 0.804. The third-order valence-electron chi connectivity index (χ3n) is 3.04. The Kier molecular flexibility index (Phi) is 5.00. The van der Waals surface area contributed by atoms with Crippen LogP contribution in [0.2, 0.25) is 0 Å². The standard InChI is InChI=1S/C13H25N3/c1-10(2)6-5-7-11(3)16-9-15-8-13(16)12(4)14/h8-12H,5-7,14H2,1-4H3/t11?,12-/m1/s1. The van der Waals surface area contributed by atoms with Gasteiger partial charge in [0, 0.05) is 18.3 Å². The van der Waals surface area contributed by atoms with E-state index in [0.717, 1.165) is 11.6 Å². The van der Waals surface area contributed by atoms with Gasteiger partial charge in [-0.1, -0.05) is 26.7 Å². The van der Waals surface area contributed by atoms with Crippen molar-refractivity contribution in [3.63, 3.8) is 0 Å². The molecular formula is C13H25N3. The van der Waals surface area contributed by atoms with Gasteiger partial charge in [0.15, 0.2) is 0 Å². The summed E-state index contributed by atoms with van der Waals surface area (Å²) >= 11 is 0. The van der Waals surface area contributed by atoms with Crippen LogP contribution in [0.4, 0.5) is 0 Å². The van der Waals surface area contributed by atoms with Crippen LogP contribution in [0.5, 0.6) is 0 Å². The van der Waals surface area contributed by atoms with E-state index in [0.29, 0.717) is 6.04 Å². The van der Waals surface area contributed by atoms with E-state index in [-0.39, 0.29) is 6.04 Å². The van der Waals surface area contributed by atoms with Crippen LogP contribution in [-0.2, 0) is 0 Å². The van der Waals surface area contributed by atoms with Crippen molar-refractivity contribution in [2.24, 2.45) is 11.7 Å². The Morgan fingerprint density at radius 2 is 1.94 bits per heavy atom. The molecule has 0 aromatic carbocycles. The predicted octanol–water partition coefficient (Wildman–Crippen LogP) is 3.29. The van der Waals surface area contributed by atoms with Crippen LogP contribution < -0.4 is 5.73 Å². The summed E-state index contributed by atoms with van der Waals surface area (Å²) in [6.07, 6.45) is 7.55. The molecule has 0 aliphatic heterocycles. The lowest BCUT2D eigenvalue weighted by Crippen LogP contribution is -2.14.